The summed E-state index contributed by atoms with van der Waals surface area (Å²) in [4.78, 5) is 0. The minimum atomic E-state index is -3.23. The molecule has 0 aliphatic heterocycles. The highest BCUT2D eigenvalue weighted by Gasteiger charge is 2.39. The Bertz CT molecular complexity index is 66.3. The number of hydrogen-bond donors (Lipinski definition) is 5. The van der Waals surface area contributed by atoms with Crippen LogP contribution >= 0.6 is 0 Å². The molecule has 0 spiro atoms. The van der Waals surface area contributed by atoms with Gasteiger partial charge >= 0.3 is 5.97 Å². The van der Waals surface area contributed by atoms with Crippen molar-refractivity contribution in [1.82, 2.24) is 0 Å². The van der Waals surface area contributed by atoms with Gasteiger partial charge in [-0.1, -0.05) is 0 Å². The van der Waals surface area contributed by atoms with Gasteiger partial charge < -0.3 is 20.4 Å². The van der Waals surface area contributed by atoms with E-state index in [0.717, 1.165) is 6.92 Å². The Hall–Kier alpha value is -0.200. The van der Waals surface area contributed by atoms with Gasteiger partial charge in [0, 0.05) is 0 Å². The second-order valence-corrected chi connectivity index (χ2v) is 1.78. The normalized spacial score (nSPS) is 20.2. The molecule has 6 N–H and O–H groups in total. The van der Waals surface area contributed by atoms with Crippen LogP contribution in [0.2, 0.25) is 0 Å². The third-order valence-corrected chi connectivity index (χ3v) is 0.679. The summed E-state index contributed by atoms with van der Waals surface area (Å²) in [5.74, 6) is -3.23. The zero-order chi connectivity index (χ0) is 7.00. The van der Waals surface area contributed by atoms with E-state index < -0.39 is 11.7 Å². The standard InChI is InChI=1S/C3H9NO4/c1-2(4,5)3(6,7)8/h5-8H,4H2,1H3. The van der Waals surface area contributed by atoms with E-state index in [0.29, 0.717) is 0 Å². The molecule has 0 aliphatic rings. The van der Waals surface area contributed by atoms with Crippen LogP contribution in [0.15, 0.2) is 0 Å². The van der Waals surface area contributed by atoms with Gasteiger partial charge in [-0.25, -0.2) is 0 Å². The predicted octanol–water partition coefficient (Wildman–Crippen LogP) is -2.72. The van der Waals surface area contributed by atoms with Crippen molar-refractivity contribution in [2.45, 2.75) is 18.6 Å². The van der Waals surface area contributed by atoms with Crippen LogP contribution in [0.3, 0.4) is 0 Å². The summed E-state index contributed by atoms with van der Waals surface area (Å²) in [6, 6.07) is 0. The second kappa shape index (κ2) is 1.64. The molecule has 0 aromatic carbocycles. The zero-order valence-corrected chi connectivity index (χ0v) is 4.37. The molecule has 1 unspecified atom stereocenters. The minimum Gasteiger partial charge on any atom is -0.369 e. The molecule has 0 aromatic rings. The Morgan fingerprint density at radius 3 is 1.25 bits per heavy atom. The summed E-state index contributed by atoms with van der Waals surface area (Å²) in [6.07, 6.45) is 0. The molecule has 0 heterocycles. The van der Waals surface area contributed by atoms with Gasteiger partial charge in [0.25, 0.3) is 0 Å². The Labute approximate surface area is 46.0 Å². The first-order chi connectivity index (χ1) is 3.25. The SMILES string of the molecule is CC(N)(O)C(O)(O)O. The lowest BCUT2D eigenvalue weighted by molar-refractivity contribution is -0.385. The molecule has 5 heteroatoms. The Balaban J connectivity index is 4.02. The van der Waals surface area contributed by atoms with Crippen molar-refractivity contribution in [3.63, 3.8) is 0 Å². The topological polar surface area (TPSA) is 107 Å². The summed E-state index contributed by atoms with van der Waals surface area (Å²) in [7, 11) is 0. The Morgan fingerprint density at radius 1 is 1.12 bits per heavy atom. The van der Waals surface area contributed by atoms with Crippen LogP contribution in [0.1, 0.15) is 6.92 Å². The fourth-order valence-electron chi connectivity index (χ4n) is 0. The smallest absolute Gasteiger partial charge is 0.320 e. The van der Waals surface area contributed by atoms with Crippen molar-refractivity contribution in [3.05, 3.63) is 0 Å². The van der Waals surface area contributed by atoms with E-state index in [9.17, 15) is 0 Å². The van der Waals surface area contributed by atoms with Gasteiger partial charge in [0.15, 0.2) is 5.72 Å². The Kier molecular flexibility index (Phi) is 1.60. The highest BCUT2D eigenvalue weighted by molar-refractivity contribution is 4.70. The van der Waals surface area contributed by atoms with E-state index >= 15 is 0 Å². The first-order valence-electron chi connectivity index (χ1n) is 1.93. The van der Waals surface area contributed by atoms with Gasteiger partial charge in [-0.2, -0.15) is 0 Å². The third kappa shape index (κ3) is 1.73. The molecule has 1 atom stereocenters. The van der Waals surface area contributed by atoms with Crippen molar-refractivity contribution in [3.8, 4) is 0 Å². The molecule has 50 valence electrons. The van der Waals surface area contributed by atoms with Gasteiger partial charge in [-0.05, 0) is 6.92 Å². The van der Waals surface area contributed by atoms with E-state index in [4.69, 9.17) is 20.4 Å². The molecule has 0 rings (SSSR count). The van der Waals surface area contributed by atoms with Crippen LogP contribution in [0.4, 0.5) is 0 Å². The van der Waals surface area contributed by atoms with Crippen molar-refractivity contribution in [2.24, 2.45) is 5.73 Å². The summed E-state index contributed by atoms with van der Waals surface area (Å²) >= 11 is 0. The molecular weight excluding hydrogens is 114 g/mol. The lowest BCUT2D eigenvalue weighted by atomic mass is 10.2. The number of aliphatic hydroxyl groups is 4. The van der Waals surface area contributed by atoms with Gasteiger partial charge in [-0.15, -0.1) is 0 Å². The van der Waals surface area contributed by atoms with Crippen molar-refractivity contribution < 1.29 is 20.4 Å². The molecule has 0 bridgehead atoms. The van der Waals surface area contributed by atoms with Crippen LogP contribution in [0.5, 0.6) is 0 Å². The van der Waals surface area contributed by atoms with Crippen LogP contribution in [-0.4, -0.2) is 32.1 Å². The molecular formula is C3H9NO4. The highest BCUT2D eigenvalue weighted by atomic mass is 16.7. The molecule has 0 fully saturated rings. The summed E-state index contributed by atoms with van der Waals surface area (Å²) in [5.41, 5.74) is 2.22. The van der Waals surface area contributed by atoms with Crippen molar-refractivity contribution in [2.75, 3.05) is 0 Å². The summed E-state index contributed by atoms with van der Waals surface area (Å²) < 4.78 is 0. The molecule has 0 amide bonds. The van der Waals surface area contributed by atoms with Gasteiger partial charge in [-0.3, -0.25) is 5.73 Å². The maximum Gasteiger partial charge on any atom is 0.320 e. The lowest BCUT2D eigenvalue weighted by Gasteiger charge is -2.26. The van der Waals surface area contributed by atoms with Crippen LogP contribution in [0.25, 0.3) is 0 Å². The second-order valence-electron chi connectivity index (χ2n) is 1.78. The van der Waals surface area contributed by atoms with Gasteiger partial charge in [0.05, 0.1) is 0 Å². The zero-order valence-electron chi connectivity index (χ0n) is 4.37. The average Bonchev–Trinajstić information content (AvgIpc) is 1.25. The third-order valence-electron chi connectivity index (χ3n) is 0.679. The summed E-state index contributed by atoms with van der Waals surface area (Å²) in [5, 5.41) is 32.7. The molecule has 0 aliphatic carbocycles. The predicted molar refractivity (Wildman–Crippen MR) is 24.2 cm³/mol. The van der Waals surface area contributed by atoms with Crippen molar-refractivity contribution in [1.29, 1.82) is 0 Å². The maximum atomic E-state index is 8.38. The first kappa shape index (κ1) is 7.80. The highest BCUT2D eigenvalue weighted by Crippen LogP contribution is 2.07. The van der Waals surface area contributed by atoms with E-state index in [1.807, 2.05) is 0 Å². The molecule has 5 nitrogen and oxygen atoms in total. The quantitative estimate of drug-likeness (QED) is 0.244. The Morgan fingerprint density at radius 2 is 1.25 bits per heavy atom. The average molecular weight is 123 g/mol. The number of nitrogens with two attached hydrogens (primary N) is 1. The van der Waals surface area contributed by atoms with E-state index in [1.165, 1.54) is 0 Å². The maximum absolute atomic E-state index is 8.38. The van der Waals surface area contributed by atoms with Gasteiger partial charge in [0.2, 0.25) is 0 Å². The van der Waals surface area contributed by atoms with Crippen LogP contribution in [0, 0.1) is 0 Å². The molecule has 0 aromatic heterocycles. The fourth-order valence-corrected chi connectivity index (χ4v) is 0. The molecule has 0 saturated carbocycles. The largest absolute Gasteiger partial charge is 0.369 e. The lowest BCUT2D eigenvalue weighted by Crippen LogP contribution is -2.58. The van der Waals surface area contributed by atoms with Crippen LogP contribution in [-0.2, 0) is 0 Å². The monoisotopic (exact) mass is 123 g/mol. The minimum absolute atomic E-state index is 0.854. The fraction of sp³-hybridized carbons (Fsp3) is 1.00. The summed E-state index contributed by atoms with van der Waals surface area (Å²) in [6.45, 7) is 0.854. The number of hydrogen-bond acceptors (Lipinski definition) is 5. The van der Waals surface area contributed by atoms with E-state index in [2.05, 4.69) is 5.73 Å². The number of rotatable bonds is 1. The first-order valence-corrected chi connectivity index (χ1v) is 1.93. The van der Waals surface area contributed by atoms with Crippen LogP contribution < -0.4 is 5.73 Å². The van der Waals surface area contributed by atoms with E-state index in [1.54, 1.807) is 0 Å². The molecule has 0 radical (unpaired) electrons. The van der Waals surface area contributed by atoms with Crippen molar-refractivity contribution >= 4 is 0 Å². The molecule has 8 heavy (non-hydrogen) atoms. The van der Waals surface area contributed by atoms with Gasteiger partial charge in [0.1, 0.15) is 0 Å². The van der Waals surface area contributed by atoms with E-state index in [-0.39, 0.29) is 0 Å². The molecule has 0 saturated heterocycles.